The van der Waals surface area contributed by atoms with E-state index in [1.54, 1.807) is 11.8 Å². The van der Waals surface area contributed by atoms with Crippen molar-refractivity contribution < 1.29 is 0 Å². The van der Waals surface area contributed by atoms with Gasteiger partial charge in [0.15, 0.2) is 5.82 Å². The first-order valence-corrected chi connectivity index (χ1v) is 7.15. The third-order valence-corrected chi connectivity index (χ3v) is 4.48. The van der Waals surface area contributed by atoms with Gasteiger partial charge in [-0.1, -0.05) is 20.3 Å². The summed E-state index contributed by atoms with van der Waals surface area (Å²) in [6.45, 7) is 6.66. The van der Waals surface area contributed by atoms with E-state index in [-0.39, 0.29) is 0 Å². The van der Waals surface area contributed by atoms with Crippen LogP contribution in [0.25, 0.3) is 0 Å². The van der Waals surface area contributed by atoms with Gasteiger partial charge in [0.2, 0.25) is 0 Å². The summed E-state index contributed by atoms with van der Waals surface area (Å²) in [7, 11) is 0. The Morgan fingerprint density at radius 3 is 2.73 bits per heavy atom. The number of anilines is 2. The highest BCUT2D eigenvalue weighted by atomic mass is 32.2. The van der Waals surface area contributed by atoms with Crippen LogP contribution >= 0.6 is 23.3 Å². The lowest BCUT2D eigenvalue weighted by atomic mass is 10.0. The Morgan fingerprint density at radius 2 is 2.20 bits per heavy atom. The van der Waals surface area contributed by atoms with Crippen LogP contribution < -0.4 is 11.1 Å². The van der Waals surface area contributed by atoms with Crippen molar-refractivity contribution in [3.8, 4) is 0 Å². The minimum atomic E-state index is 0.459. The van der Waals surface area contributed by atoms with Crippen molar-refractivity contribution in [1.29, 1.82) is 0 Å². The number of nitrogens with zero attached hydrogens (tertiary/aromatic N) is 1. The van der Waals surface area contributed by atoms with Crippen molar-refractivity contribution in [1.82, 2.24) is 4.37 Å². The zero-order valence-electron chi connectivity index (χ0n) is 9.70. The van der Waals surface area contributed by atoms with Gasteiger partial charge in [-0.2, -0.15) is 4.37 Å². The Bertz CT molecular complexity index is 312. The summed E-state index contributed by atoms with van der Waals surface area (Å²) in [5.41, 5.74) is 5.77. The predicted molar refractivity (Wildman–Crippen MR) is 70.8 cm³/mol. The Balaban J connectivity index is 2.71. The van der Waals surface area contributed by atoms with Gasteiger partial charge in [0.1, 0.15) is 5.00 Å². The summed E-state index contributed by atoms with van der Waals surface area (Å²) in [4.78, 5) is 1.08. The van der Waals surface area contributed by atoms with Gasteiger partial charge in [0.05, 0.1) is 4.90 Å². The van der Waals surface area contributed by atoms with Gasteiger partial charge >= 0.3 is 0 Å². The van der Waals surface area contributed by atoms with E-state index in [0.717, 1.165) is 9.90 Å². The summed E-state index contributed by atoms with van der Waals surface area (Å²) < 4.78 is 4.16. The molecule has 0 aromatic carbocycles. The van der Waals surface area contributed by atoms with Crippen molar-refractivity contribution >= 4 is 34.1 Å². The number of rotatable bonds is 5. The van der Waals surface area contributed by atoms with Crippen LogP contribution in [0.15, 0.2) is 4.90 Å². The molecule has 1 aromatic rings. The highest BCUT2D eigenvalue weighted by molar-refractivity contribution is 7.99. The highest BCUT2D eigenvalue weighted by Crippen LogP contribution is 2.35. The van der Waals surface area contributed by atoms with Gasteiger partial charge in [-0.05, 0) is 30.6 Å². The zero-order valence-corrected chi connectivity index (χ0v) is 11.3. The molecular weight excluding hydrogens is 226 g/mol. The molecule has 15 heavy (non-hydrogen) atoms. The van der Waals surface area contributed by atoms with E-state index in [2.05, 4.69) is 30.5 Å². The van der Waals surface area contributed by atoms with E-state index < -0.39 is 0 Å². The molecule has 3 nitrogen and oxygen atoms in total. The first kappa shape index (κ1) is 12.6. The minimum Gasteiger partial charge on any atom is -0.382 e. The number of hydrogen-bond donors (Lipinski definition) is 2. The standard InChI is InChI=1S/C10H19N3S2/c1-5-6(2)7(3)12-10-8(14-4)9(11)13-15-10/h6-7,12H,5H2,1-4H3,(H2,11,13). The van der Waals surface area contributed by atoms with Gasteiger partial charge in [-0.25, -0.2) is 0 Å². The monoisotopic (exact) mass is 245 g/mol. The van der Waals surface area contributed by atoms with Crippen LogP contribution in [-0.2, 0) is 0 Å². The van der Waals surface area contributed by atoms with Crippen molar-refractivity contribution in [2.75, 3.05) is 17.3 Å². The van der Waals surface area contributed by atoms with E-state index in [0.29, 0.717) is 17.8 Å². The van der Waals surface area contributed by atoms with Crippen molar-refractivity contribution in [2.24, 2.45) is 5.92 Å². The fourth-order valence-corrected chi connectivity index (χ4v) is 2.91. The van der Waals surface area contributed by atoms with E-state index in [1.807, 2.05) is 6.26 Å². The van der Waals surface area contributed by atoms with Gasteiger partial charge in [0, 0.05) is 6.04 Å². The molecule has 0 bridgehead atoms. The largest absolute Gasteiger partial charge is 0.382 e. The van der Waals surface area contributed by atoms with Crippen molar-refractivity contribution in [3.63, 3.8) is 0 Å². The van der Waals surface area contributed by atoms with Crippen molar-refractivity contribution in [3.05, 3.63) is 0 Å². The molecule has 86 valence electrons. The van der Waals surface area contributed by atoms with Crippen LogP contribution in [0, 0.1) is 5.92 Å². The first-order valence-electron chi connectivity index (χ1n) is 5.15. The molecular formula is C10H19N3S2. The number of aromatic nitrogens is 1. The number of nitrogens with one attached hydrogen (secondary N) is 1. The molecule has 0 amide bonds. The van der Waals surface area contributed by atoms with E-state index in [9.17, 15) is 0 Å². The number of nitrogens with two attached hydrogens (primary N) is 1. The summed E-state index contributed by atoms with van der Waals surface area (Å²) >= 11 is 3.10. The third kappa shape index (κ3) is 3.01. The summed E-state index contributed by atoms with van der Waals surface area (Å²) in [5.74, 6) is 1.30. The third-order valence-electron chi connectivity index (χ3n) is 2.73. The lowest BCUT2D eigenvalue weighted by Gasteiger charge is -2.20. The first-order chi connectivity index (χ1) is 7.10. The normalized spacial score (nSPS) is 14.9. The Kier molecular flexibility index (Phi) is 4.73. The number of nitrogen functional groups attached to an aromatic ring is 1. The van der Waals surface area contributed by atoms with Gasteiger partial charge < -0.3 is 11.1 Å². The molecule has 0 radical (unpaired) electrons. The second-order valence-electron chi connectivity index (χ2n) is 3.75. The fourth-order valence-electron chi connectivity index (χ4n) is 1.29. The number of thioether (sulfide) groups is 1. The van der Waals surface area contributed by atoms with Crippen LogP contribution in [0.2, 0.25) is 0 Å². The molecule has 0 aliphatic rings. The molecule has 2 unspecified atom stereocenters. The SMILES string of the molecule is CCC(C)C(C)Nc1snc(N)c1SC. The van der Waals surface area contributed by atoms with Gasteiger partial charge in [-0.3, -0.25) is 0 Å². The molecule has 1 aromatic heterocycles. The zero-order chi connectivity index (χ0) is 11.4. The lowest BCUT2D eigenvalue weighted by Crippen LogP contribution is -2.22. The molecule has 0 saturated carbocycles. The second kappa shape index (κ2) is 5.61. The van der Waals surface area contributed by atoms with Gasteiger partial charge in [0.25, 0.3) is 0 Å². The van der Waals surface area contributed by atoms with E-state index >= 15 is 0 Å². The van der Waals surface area contributed by atoms with Crippen LogP contribution in [0.4, 0.5) is 10.8 Å². The minimum absolute atomic E-state index is 0.459. The Hall–Kier alpha value is -0.420. The second-order valence-corrected chi connectivity index (χ2v) is 5.34. The van der Waals surface area contributed by atoms with Crippen LogP contribution in [-0.4, -0.2) is 16.7 Å². The average molecular weight is 245 g/mol. The van der Waals surface area contributed by atoms with Crippen LogP contribution in [0.3, 0.4) is 0 Å². The molecule has 0 aliphatic carbocycles. The fraction of sp³-hybridized carbons (Fsp3) is 0.700. The Morgan fingerprint density at radius 1 is 1.53 bits per heavy atom. The van der Waals surface area contributed by atoms with E-state index in [1.165, 1.54) is 18.0 Å². The summed E-state index contributed by atoms with van der Waals surface area (Å²) in [6, 6.07) is 0.459. The quantitative estimate of drug-likeness (QED) is 0.782. The van der Waals surface area contributed by atoms with Crippen LogP contribution in [0.5, 0.6) is 0 Å². The maximum Gasteiger partial charge on any atom is 0.153 e. The lowest BCUT2D eigenvalue weighted by molar-refractivity contribution is 0.495. The molecule has 2 atom stereocenters. The summed E-state index contributed by atoms with van der Waals surface area (Å²) in [6.07, 6.45) is 3.20. The van der Waals surface area contributed by atoms with Crippen LogP contribution in [0.1, 0.15) is 27.2 Å². The number of hydrogen-bond acceptors (Lipinski definition) is 5. The van der Waals surface area contributed by atoms with E-state index in [4.69, 9.17) is 5.73 Å². The molecule has 0 spiro atoms. The smallest absolute Gasteiger partial charge is 0.153 e. The Labute approximate surface area is 100.0 Å². The topological polar surface area (TPSA) is 50.9 Å². The predicted octanol–water partition coefficient (Wildman–Crippen LogP) is 3.29. The molecule has 1 heterocycles. The maximum atomic E-state index is 5.77. The van der Waals surface area contributed by atoms with Crippen molar-refractivity contribution in [2.45, 2.75) is 38.1 Å². The maximum absolute atomic E-state index is 5.77. The molecule has 0 saturated heterocycles. The average Bonchev–Trinajstić information content (AvgIpc) is 2.57. The summed E-state index contributed by atoms with van der Waals surface area (Å²) in [5, 5.41) is 4.59. The molecule has 3 N–H and O–H groups in total. The highest BCUT2D eigenvalue weighted by Gasteiger charge is 2.15. The molecule has 0 aliphatic heterocycles. The molecule has 5 heteroatoms. The van der Waals surface area contributed by atoms with Gasteiger partial charge in [-0.15, -0.1) is 11.8 Å². The molecule has 1 rings (SSSR count). The molecule has 0 fully saturated rings.